The van der Waals surface area contributed by atoms with Gasteiger partial charge in [-0.3, -0.25) is 4.79 Å². The molecule has 0 radical (unpaired) electrons. The minimum absolute atomic E-state index is 0.0392. The summed E-state index contributed by atoms with van der Waals surface area (Å²) in [5, 5.41) is 3.23. The molecular formula is C29H34FNO6S. The second-order valence-corrected chi connectivity index (χ2v) is 10.6. The predicted molar refractivity (Wildman–Crippen MR) is 146 cm³/mol. The third-order valence-corrected chi connectivity index (χ3v) is 6.30. The van der Waals surface area contributed by atoms with Gasteiger partial charge in [-0.1, -0.05) is 24.3 Å². The number of carbonyl (C=O) groups is 1. The second kappa shape index (κ2) is 13.4. The molecule has 0 fully saturated rings. The lowest BCUT2D eigenvalue weighted by Gasteiger charge is -2.15. The summed E-state index contributed by atoms with van der Waals surface area (Å²) in [5.41, 5.74) is 6.39. The first-order valence-electron chi connectivity index (χ1n) is 12.4. The minimum atomic E-state index is -3.87. The predicted octanol–water partition coefficient (Wildman–Crippen LogP) is 5.57. The van der Waals surface area contributed by atoms with E-state index in [2.05, 4.69) is 35.5 Å². The van der Waals surface area contributed by atoms with E-state index in [0.29, 0.717) is 37.6 Å². The number of ether oxygens (including phenoxy) is 2. The summed E-state index contributed by atoms with van der Waals surface area (Å²) in [5.74, 6) is -0.576. The molecule has 0 heterocycles. The highest BCUT2D eigenvalue weighted by atomic mass is 32.2. The first-order valence-corrected chi connectivity index (χ1v) is 14.2. The fourth-order valence-electron chi connectivity index (χ4n) is 4.17. The lowest BCUT2D eigenvalue weighted by atomic mass is 9.94. The van der Waals surface area contributed by atoms with E-state index < -0.39 is 21.9 Å². The van der Waals surface area contributed by atoms with Crippen molar-refractivity contribution < 1.29 is 31.3 Å². The summed E-state index contributed by atoms with van der Waals surface area (Å²) >= 11 is 0. The fraction of sp³-hybridized carbons (Fsp3) is 0.345. The zero-order valence-corrected chi connectivity index (χ0v) is 23.0. The number of halogens is 1. The quantitative estimate of drug-likeness (QED) is 0.223. The maximum Gasteiger partial charge on any atom is 0.322 e. The van der Waals surface area contributed by atoms with Crippen LogP contribution in [0.25, 0.3) is 11.1 Å². The van der Waals surface area contributed by atoms with Gasteiger partial charge in [0, 0.05) is 18.8 Å². The van der Waals surface area contributed by atoms with Crippen LogP contribution >= 0.6 is 0 Å². The average molecular weight is 544 g/mol. The van der Waals surface area contributed by atoms with Crippen molar-refractivity contribution in [1.29, 1.82) is 0 Å². The van der Waals surface area contributed by atoms with Crippen molar-refractivity contribution in [3.05, 3.63) is 82.7 Å². The minimum Gasteiger partial charge on any atom is -0.491 e. The van der Waals surface area contributed by atoms with Gasteiger partial charge in [0.05, 0.1) is 19.3 Å². The fourth-order valence-corrected chi connectivity index (χ4v) is 4.59. The molecule has 0 atom stereocenters. The van der Waals surface area contributed by atoms with Gasteiger partial charge in [0.2, 0.25) is 0 Å². The average Bonchev–Trinajstić information content (AvgIpc) is 2.84. The van der Waals surface area contributed by atoms with Crippen molar-refractivity contribution in [2.24, 2.45) is 0 Å². The number of anilines is 1. The van der Waals surface area contributed by atoms with Crippen LogP contribution < -0.4 is 10.1 Å². The smallest absolute Gasteiger partial charge is 0.322 e. The molecule has 204 valence electrons. The van der Waals surface area contributed by atoms with Crippen molar-refractivity contribution in [3.63, 3.8) is 0 Å². The van der Waals surface area contributed by atoms with Gasteiger partial charge < -0.3 is 19.0 Å². The molecule has 3 aromatic rings. The lowest BCUT2D eigenvalue weighted by Crippen LogP contribution is -2.12. The molecule has 0 saturated carbocycles. The topological polar surface area (TPSA) is 90.9 Å². The van der Waals surface area contributed by atoms with E-state index in [1.54, 1.807) is 12.1 Å². The van der Waals surface area contributed by atoms with Crippen LogP contribution in [0.4, 0.5) is 10.1 Å². The summed E-state index contributed by atoms with van der Waals surface area (Å²) in [4.78, 5) is 11.6. The van der Waals surface area contributed by atoms with Crippen LogP contribution in [-0.4, -0.2) is 40.5 Å². The zero-order valence-electron chi connectivity index (χ0n) is 22.2. The third kappa shape index (κ3) is 8.85. The number of nitrogens with one attached hydrogen (secondary N) is 1. The zero-order chi connectivity index (χ0) is 27.7. The molecule has 0 unspecified atom stereocenters. The molecule has 0 spiro atoms. The first kappa shape index (κ1) is 29.1. The molecule has 3 aromatic carbocycles. The summed E-state index contributed by atoms with van der Waals surface area (Å²) < 4.78 is 52.0. The van der Waals surface area contributed by atoms with Crippen molar-refractivity contribution in [3.8, 4) is 16.9 Å². The van der Waals surface area contributed by atoms with E-state index in [9.17, 15) is 17.6 Å². The molecule has 9 heteroatoms. The van der Waals surface area contributed by atoms with Crippen molar-refractivity contribution in [1.82, 2.24) is 0 Å². The molecule has 38 heavy (non-hydrogen) atoms. The Morgan fingerprint density at radius 1 is 1.00 bits per heavy atom. The highest BCUT2D eigenvalue weighted by Gasteiger charge is 2.13. The maximum atomic E-state index is 14.6. The van der Waals surface area contributed by atoms with Crippen LogP contribution in [0.3, 0.4) is 0 Å². The van der Waals surface area contributed by atoms with E-state index >= 15 is 0 Å². The van der Waals surface area contributed by atoms with Gasteiger partial charge in [-0.15, -0.1) is 0 Å². The number of benzene rings is 3. The van der Waals surface area contributed by atoms with Gasteiger partial charge in [0.25, 0.3) is 0 Å². The molecule has 3 rings (SSSR count). The van der Waals surface area contributed by atoms with Crippen molar-refractivity contribution in [2.75, 3.05) is 31.4 Å². The number of rotatable bonds is 13. The summed E-state index contributed by atoms with van der Waals surface area (Å²) in [7, 11) is -3.87. The van der Waals surface area contributed by atoms with Crippen LogP contribution in [-0.2, 0) is 36.8 Å². The Morgan fingerprint density at radius 2 is 1.74 bits per heavy atom. The first-order chi connectivity index (χ1) is 18.1. The van der Waals surface area contributed by atoms with E-state index in [4.69, 9.17) is 9.47 Å². The largest absolute Gasteiger partial charge is 0.491 e. The number of carbonyl (C=O) groups excluding carboxylic acids is 1. The Bertz CT molecular complexity index is 1350. The van der Waals surface area contributed by atoms with Crippen LogP contribution in [0.1, 0.15) is 35.6 Å². The molecule has 0 aliphatic carbocycles. The summed E-state index contributed by atoms with van der Waals surface area (Å²) in [6.45, 7) is 8.30. The molecular weight excluding hydrogens is 509 g/mol. The van der Waals surface area contributed by atoms with Gasteiger partial charge in [0.1, 0.15) is 18.2 Å². The van der Waals surface area contributed by atoms with Gasteiger partial charge in [-0.05, 0) is 90.9 Å². The lowest BCUT2D eigenvalue weighted by molar-refractivity contribution is -0.133. The molecule has 0 aliphatic heterocycles. The summed E-state index contributed by atoms with van der Waals surface area (Å²) in [6, 6.07) is 16.9. The number of aryl methyl sites for hydroxylation is 3. The van der Waals surface area contributed by atoms with E-state index in [-0.39, 0.29) is 12.8 Å². The van der Waals surface area contributed by atoms with Crippen LogP contribution in [0.5, 0.6) is 5.75 Å². The van der Waals surface area contributed by atoms with E-state index in [0.717, 1.165) is 39.8 Å². The highest BCUT2D eigenvalue weighted by Crippen LogP contribution is 2.31. The van der Waals surface area contributed by atoms with Crippen LogP contribution in [0.15, 0.2) is 54.6 Å². The Morgan fingerprint density at radius 3 is 2.39 bits per heavy atom. The van der Waals surface area contributed by atoms with Gasteiger partial charge in [0.15, 0.2) is 0 Å². The molecule has 7 nitrogen and oxygen atoms in total. The molecule has 0 saturated heterocycles. The Kier molecular flexibility index (Phi) is 10.3. The Labute approximate surface area is 224 Å². The normalized spacial score (nSPS) is 11.3. The van der Waals surface area contributed by atoms with Gasteiger partial charge in [-0.25, -0.2) is 4.39 Å². The number of hydrogen-bond donors (Lipinski definition) is 1. The van der Waals surface area contributed by atoms with Crippen LogP contribution in [0.2, 0.25) is 0 Å². The van der Waals surface area contributed by atoms with E-state index in [1.165, 1.54) is 6.07 Å². The Balaban J connectivity index is 1.63. The van der Waals surface area contributed by atoms with Crippen molar-refractivity contribution >= 4 is 21.8 Å². The van der Waals surface area contributed by atoms with E-state index in [1.807, 2.05) is 31.2 Å². The number of hydrogen-bond acceptors (Lipinski definition) is 7. The second-order valence-electron chi connectivity index (χ2n) is 9.00. The van der Waals surface area contributed by atoms with Gasteiger partial charge in [-0.2, -0.15) is 8.42 Å². The molecule has 0 bridgehead atoms. The maximum absolute atomic E-state index is 14.6. The van der Waals surface area contributed by atoms with Crippen molar-refractivity contribution in [2.45, 2.75) is 40.2 Å². The molecule has 0 aliphatic rings. The molecule has 0 aromatic heterocycles. The SMILES string of the molecule is CCOCCOc1cc(C)c(-c2cccc(CNc3ccc(CCC(=O)OS(C)(=O)=O)c(F)c3)c2)c(C)c1. The highest BCUT2D eigenvalue weighted by molar-refractivity contribution is 7.86. The standard InChI is InChI=1S/C29H34FNO6S/c1-5-35-13-14-36-26-15-20(2)29(21(3)16-26)24-8-6-7-22(17-24)19-31-25-11-9-23(27(30)18-25)10-12-28(32)37-38(4,33)34/h6-9,11,15-18,31H,5,10,12-14,19H2,1-4H3. The monoisotopic (exact) mass is 543 g/mol. The Hall–Kier alpha value is -3.43. The third-order valence-electron chi connectivity index (χ3n) is 5.81. The van der Waals surface area contributed by atoms with Crippen LogP contribution in [0, 0.1) is 19.7 Å². The molecule has 0 amide bonds. The van der Waals surface area contributed by atoms with Gasteiger partial charge >= 0.3 is 16.1 Å². The summed E-state index contributed by atoms with van der Waals surface area (Å²) in [6.07, 6.45) is 0.599. The molecule has 1 N–H and O–H groups in total.